The van der Waals surface area contributed by atoms with Gasteiger partial charge in [-0.1, -0.05) is 60.2 Å². The van der Waals surface area contributed by atoms with Gasteiger partial charge in [0.25, 0.3) is 15.7 Å². The lowest BCUT2D eigenvalue weighted by atomic mass is 9.77. The number of nitro benzene ring substituents is 1. The van der Waals surface area contributed by atoms with Crippen LogP contribution in [0.5, 0.6) is 0 Å². The predicted octanol–water partition coefficient (Wildman–Crippen LogP) is 7.03. The maximum Gasteiger partial charge on any atom is 0.269 e. The largest absolute Gasteiger partial charge is 0.378 e. The molecule has 2 N–H and O–H groups in total. The van der Waals surface area contributed by atoms with E-state index in [1.54, 1.807) is 30.3 Å². The van der Waals surface area contributed by atoms with E-state index in [1.807, 2.05) is 36.4 Å². The van der Waals surface area contributed by atoms with Gasteiger partial charge in [-0.15, -0.1) is 0 Å². The normalized spacial score (nSPS) is 20.2. The minimum absolute atomic E-state index is 0.0181. The molecule has 0 bridgehead atoms. The van der Waals surface area contributed by atoms with Crippen molar-refractivity contribution in [3.63, 3.8) is 0 Å². The predicted molar refractivity (Wildman–Crippen MR) is 146 cm³/mol. The van der Waals surface area contributed by atoms with Crippen LogP contribution in [0.4, 0.5) is 17.1 Å². The van der Waals surface area contributed by atoms with Crippen molar-refractivity contribution in [1.29, 1.82) is 0 Å². The fourth-order valence-corrected chi connectivity index (χ4v) is 6.80. The van der Waals surface area contributed by atoms with E-state index in [4.69, 9.17) is 11.6 Å². The number of fused-ring (bicyclic) bond motifs is 4. The van der Waals surface area contributed by atoms with Crippen LogP contribution in [0.15, 0.2) is 95.9 Å². The number of rotatable bonds is 5. The molecule has 2 aliphatic rings. The van der Waals surface area contributed by atoms with Crippen molar-refractivity contribution in [2.75, 3.05) is 10.0 Å². The average Bonchev–Trinajstić information content (AvgIpc) is 3.39. The van der Waals surface area contributed by atoms with Crippen molar-refractivity contribution in [1.82, 2.24) is 0 Å². The summed E-state index contributed by atoms with van der Waals surface area (Å²) in [6.07, 6.45) is 4.89. The minimum Gasteiger partial charge on any atom is -0.378 e. The molecular weight excluding hydrogens is 510 g/mol. The highest BCUT2D eigenvalue weighted by Gasteiger charge is 2.39. The molecule has 6 rings (SSSR count). The van der Waals surface area contributed by atoms with E-state index in [2.05, 4.69) is 22.2 Å². The molecule has 3 atom stereocenters. The molecule has 7 nitrogen and oxygen atoms in total. The molecular formula is C28H22ClN3O4S. The number of anilines is 2. The van der Waals surface area contributed by atoms with Gasteiger partial charge in [-0.3, -0.25) is 14.8 Å². The highest BCUT2D eigenvalue weighted by atomic mass is 35.5. The monoisotopic (exact) mass is 531 g/mol. The Balaban J connectivity index is 1.37. The molecule has 0 spiro atoms. The number of nitrogens with one attached hydrogen (secondary N) is 2. The molecule has 1 aliphatic heterocycles. The van der Waals surface area contributed by atoms with E-state index in [1.165, 1.54) is 12.1 Å². The lowest BCUT2D eigenvalue weighted by molar-refractivity contribution is -0.384. The van der Waals surface area contributed by atoms with Crippen molar-refractivity contribution in [2.45, 2.75) is 23.3 Å². The van der Waals surface area contributed by atoms with Crippen LogP contribution in [0.1, 0.15) is 29.5 Å². The quantitative estimate of drug-likeness (QED) is 0.163. The van der Waals surface area contributed by atoms with Gasteiger partial charge < -0.3 is 5.32 Å². The number of sulfonamides is 1. The van der Waals surface area contributed by atoms with Gasteiger partial charge in [0, 0.05) is 39.7 Å². The van der Waals surface area contributed by atoms with Crippen molar-refractivity contribution < 1.29 is 13.3 Å². The van der Waals surface area contributed by atoms with Crippen LogP contribution in [0.3, 0.4) is 0 Å². The van der Waals surface area contributed by atoms with Crippen molar-refractivity contribution in [2.24, 2.45) is 5.92 Å². The molecule has 0 unspecified atom stereocenters. The fraction of sp³-hybridized carbons (Fsp3) is 0.143. The van der Waals surface area contributed by atoms with E-state index in [9.17, 15) is 18.5 Å². The van der Waals surface area contributed by atoms with Crippen LogP contribution in [-0.2, 0) is 10.0 Å². The van der Waals surface area contributed by atoms with Crippen molar-refractivity contribution >= 4 is 49.5 Å². The maximum absolute atomic E-state index is 13.4. The number of halogens is 1. The maximum atomic E-state index is 13.4. The van der Waals surface area contributed by atoms with Gasteiger partial charge in [-0.2, -0.15) is 0 Å². The Morgan fingerprint density at radius 3 is 2.62 bits per heavy atom. The zero-order chi connectivity index (χ0) is 25.7. The Kier molecular flexibility index (Phi) is 5.66. The highest BCUT2D eigenvalue weighted by Crippen LogP contribution is 2.51. The summed E-state index contributed by atoms with van der Waals surface area (Å²) in [5, 5.41) is 17.1. The third-order valence-electron chi connectivity index (χ3n) is 7.20. The number of nitrogens with zero attached hydrogens (tertiary/aromatic N) is 1. The summed E-state index contributed by atoms with van der Waals surface area (Å²) in [5.41, 5.74) is 2.82. The van der Waals surface area contributed by atoms with Gasteiger partial charge >= 0.3 is 0 Å². The first-order chi connectivity index (χ1) is 17.8. The number of hydrogen-bond acceptors (Lipinski definition) is 5. The van der Waals surface area contributed by atoms with Gasteiger partial charge in [0.05, 0.1) is 21.5 Å². The Morgan fingerprint density at radius 1 is 0.973 bits per heavy atom. The summed E-state index contributed by atoms with van der Waals surface area (Å²) >= 11 is 6.48. The fourth-order valence-electron chi connectivity index (χ4n) is 5.45. The Bertz CT molecular complexity index is 1700. The summed E-state index contributed by atoms with van der Waals surface area (Å²) in [4.78, 5) is 11.1. The van der Waals surface area contributed by atoms with Gasteiger partial charge in [0.15, 0.2) is 0 Å². The SMILES string of the molecule is O=[N+]([O-])c1ccc(Cl)c([C@H]2Nc3ccc(S(=O)(=O)Nc4cccc5ccccc45)cc3[C@H]3C=CC[C@H]32)c1. The topological polar surface area (TPSA) is 101 Å². The summed E-state index contributed by atoms with van der Waals surface area (Å²) in [6, 6.07) is 22.4. The molecule has 0 aromatic heterocycles. The second-order valence-corrected chi connectivity index (χ2v) is 11.4. The molecule has 1 aliphatic carbocycles. The zero-order valence-corrected chi connectivity index (χ0v) is 21.0. The standard InChI is InChI=1S/C28H22ClN3O4S/c29-25-13-11-18(32(33)34)15-24(25)28-22-9-4-8-21(22)23-16-19(12-14-26(23)30-28)37(35,36)31-27-10-3-6-17-5-1-2-7-20(17)27/h1-8,10-16,21-22,28,30-31H,9H2/t21-,22+,28-/m0/s1. The second kappa shape index (κ2) is 8.90. The van der Waals surface area contributed by atoms with Gasteiger partial charge in [0.2, 0.25) is 0 Å². The van der Waals surface area contributed by atoms with E-state index >= 15 is 0 Å². The number of non-ortho nitro benzene ring substituents is 1. The Labute approximate surface area is 219 Å². The molecule has 0 saturated heterocycles. The van der Waals surface area contributed by atoms with E-state index in [0.29, 0.717) is 16.3 Å². The first-order valence-corrected chi connectivity index (χ1v) is 13.7. The van der Waals surface area contributed by atoms with E-state index in [0.717, 1.165) is 28.4 Å². The number of benzene rings is 4. The molecule has 186 valence electrons. The zero-order valence-electron chi connectivity index (χ0n) is 19.5. The second-order valence-electron chi connectivity index (χ2n) is 9.32. The molecule has 0 amide bonds. The van der Waals surface area contributed by atoms with Crippen LogP contribution >= 0.6 is 11.6 Å². The van der Waals surface area contributed by atoms with Crippen molar-refractivity contribution in [3.05, 3.63) is 117 Å². The lowest BCUT2D eigenvalue weighted by Crippen LogP contribution is -2.29. The summed E-state index contributed by atoms with van der Waals surface area (Å²) in [6.45, 7) is 0. The first-order valence-electron chi connectivity index (χ1n) is 11.8. The third kappa shape index (κ3) is 4.12. The molecule has 0 fully saturated rings. The Morgan fingerprint density at radius 2 is 1.78 bits per heavy atom. The number of allylic oxidation sites excluding steroid dienone is 2. The smallest absolute Gasteiger partial charge is 0.269 e. The molecule has 9 heteroatoms. The van der Waals surface area contributed by atoms with Gasteiger partial charge in [-0.25, -0.2) is 8.42 Å². The molecule has 1 heterocycles. The molecule has 4 aromatic rings. The highest BCUT2D eigenvalue weighted by molar-refractivity contribution is 7.92. The minimum atomic E-state index is -3.85. The Hall–Kier alpha value is -3.88. The van der Waals surface area contributed by atoms with Crippen LogP contribution in [0.25, 0.3) is 10.8 Å². The van der Waals surface area contributed by atoms with Crippen molar-refractivity contribution in [3.8, 4) is 0 Å². The molecule has 0 saturated carbocycles. The molecule has 4 aromatic carbocycles. The van der Waals surface area contributed by atoms with Crippen LogP contribution in [0.2, 0.25) is 5.02 Å². The number of hydrogen-bond donors (Lipinski definition) is 2. The number of nitro groups is 1. The van der Waals surface area contributed by atoms with E-state index in [-0.39, 0.29) is 28.5 Å². The van der Waals surface area contributed by atoms with Crippen LogP contribution < -0.4 is 10.0 Å². The van der Waals surface area contributed by atoms with E-state index < -0.39 is 14.9 Å². The third-order valence-corrected chi connectivity index (χ3v) is 8.91. The summed E-state index contributed by atoms with van der Waals surface area (Å²) in [7, 11) is -3.85. The first kappa shape index (κ1) is 23.5. The molecule has 0 radical (unpaired) electrons. The molecule has 37 heavy (non-hydrogen) atoms. The lowest BCUT2D eigenvalue weighted by Gasteiger charge is -2.38. The van der Waals surface area contributed by atoms with Crippen LogP contribution in [0, 0.1) is 16.0 Å². The summed E-state index contributed by atoms with van der Waals surface area (Å²) in [5.74, 6) is -0.0136. The average molecular weight is 532 g/mol. The van der Waals surface area contributed by atoms with Gasteiger partial charge in [0.1, 0.15) is 0 Å². The summed E-state index contributed by atoms with van der Waals surface area (Å²) < 4.78 is 29.6. The van der Waals surface area contributed by atoms with Crippen LogP contribution in [-0.4, -0.2) is 13.3 Å². The van der Waals surface area contributed by atoms with Gasteiger partial charge in [-0.05, 0) is 53.6 Å².